The van der Waals surface area contributed by atoms with E-state index in [4.69, 9.17) is 9.26 Å². The molecule has 0 spiro atoms. The molecule has 1 atom stereocenters. The number of hydrogen-bond donors (Lipinski definition) is 1. The van der Waals surface area contributed by atoms with Crippen LogP contribution in [-0.4, -0.2) is 54.2 Å². The molecular formula is C14H19N3O4. The molecule has 0 aromatic carbocycles. The van der Waals surface area contributed by atoms with Crippen molar-refractivity contribution in [3.05, 3.63) is 17.5 Å². The largest absolute Gasteiger partial charge is 0.376 e. The van der Waals surface area contributed by atoms with Crippen LogP contribution in [0.3, 0.4) is 0 Å². The molecule has 21 heavy (non-hydrogen) atoms. The van der Waals surface area contributed by atoms with E-state index in [1.165, 1.54) is 0 Å². The lowest BCUT2D eigenvalue weighted by Gasteiger charge is -2.37. The lowest BCUT2D eigenvalue weighted by atomic mass is 9.98. The van der Waals surface area contributed by atoms with Gasteiger partial charge in [-0.3, -0.25) is 9.59 Å². The van der Waals surface area contributed by atoms with Gasteiger partial charge in [0.1, 0.15) is 5.76 Å². The zero-order chi connectivity index (χ0) is 14.8. The van der Waals surface area contributed by atoms with E-state index in [2.05, 4.69) is 10.5 Å². The number of carbonyl (C=O) groups is 2. The normalized spacial score (nSPS) is 22.1. The molecule has 0 bridgehead atoms. The molecule has 2 aliphatic heterocycles. The molecule has 2 saturated heterocycles. The second-order valence-electron chi connectivity index (χ2n) is 5.61. The van der Waals surface area contributed by atoms with Crippen LogP contribution in [-0.2, 0) is 9.53 Å². The van der Waals surface area contributed by atoms with Crippen LogP contribution in [0.5, 0.6) is 0 Å². The fourth-order valence-corrected chi connectivity index (χ4v) is 2.60. The lowest BCUT2D eigenvalue weighted by Crippen LogP contribution is -2.56. The van der Waals surface area contributed by atoms with E-state index in [-0.39, 0.29) is 23.8 Å². The maximum Gasteiger partial charge on any atom is 0.276 e. The van der Waals surface area contributed by atoms with Gasteiger partial charge in [-0.05, 0) is 19.8 Å². The van der Waals surface area contributed by atoms with Crippen molar-refractivity contribution in [3.8, 4) is 0 Å². The quantitative estimate of drug-likeness (QED) is 0.866. The van der Waals surface area contributed by atoms with Crippen molar-refractivity contribution in [2.24, 2.45) is 5.92 Å². The first-order chi connectivity index (χ1) is 10.1. The zero-order valence-electron chi connectivity index (χ0n) is 12.0. The molecule has 2 amide bonds. The van der Waals surface area contributed by atoms with E-state index in [1.807, 2.05) is 0 Å². The van der Waals surface area contributed by atoms with Crippen molar-refractivity contribution in [2.45, 2.75) is 25.9 Å². The summed E-state index contributed by atoms with van der Waals surface area (Å²) in [7, 11) is 0. The summed E-state index contributed by atoms with van der Waals surface area (Å²) in [5.41, 5.74) is 0.297. The molecule has 0 saturated carbocycles. The van der Waals surface area contributed by atoms with Gasteiger partial charge in [0.25, 0.3) is 5.91 Å². The highest BCUT2D eigenvalue weighted by atomic mass is 16.5. The highest BCUT2D eigenvalue weighted by molar-refractivity contribution is 5.94. The molecular weight excluding hydrogens is 274 g/mol. The zero-order valence-corrected chi connectivity index (χ0v) is 12.0. The van der Waals surface area contributed by atoms with Gasteiger partial charge < -0.3 is 19.5 Å². The molecule has 3 rings (SSSR count). The SMILES string of the molecule is Cc1cc(C(=O)N2CC(C(=O)NC[C@@H]3CCCO3)C2)no1. The number of likely N-dealkylation sites (tertiary alicyclic amines) is 1. The van der Waals surface area contributed by atoms with Crippen molar-refractivity contribution >= 4 is 11.8 Å². The summed E-state index contributed by atoms with van der Waals surface area (Å²) < 4.78 is 10.3. The minimum Gasteiger partial charge on any atom is -0.376 e. The Balaban J connectivity index is 1.42. The first-order valence-electron chi connectivity index (χ1n) is 7.25. The predicted molar refractivity (Wildman–Crippen MR) is 72.6 cm³/mol. The van der Waals surface area contributed by atoms with E-state index in [9.17, 15) is 9.59 Å². The molecule has 0 aliphatic carbocycles. The lowest BCUT2D eigenvalue weighted by molar-refractivity contribution is -0.129. The van der Waals surface area contributed by atoms with Crippen LogP contribution in [0.25, 0.3) is 0 Å². The van der Waals surface area contributed by atoms with E-state index in [1.54, 1.807) is 17.9 Å². The Kier molecular flexibility index (Phi) is 3.92. The fraction of sp³-hybridized carbons (Fsp3) is 0.643. The van der Waals surface area contributed by atoms with Gasteiger partial charge in [-0.15, -0.1) is 0 Å². The Morgan fingerprint density at radius 1 is 1.48 bits per heavy atom. The Morgan fingerprint density at radius 3 is 2.90 bits per heavy atom. The topological polar surface area (TPSA) is 84.7 Å². The number of nitrogens with one attached hydrogen (secondary N) is 1. The Hall–Kier alpha value is -1.89. The molecule has 7 heteroatoms. The van der Waals surface area contributed by atoms with Crippen LogP contribution in [0.15, 0.2) is 10.6 Å². The summed E-state index contributed by atoms with van der Waals surface area (Å²) in [6, 6.07) is 1.60. The maximum atomic E-state index is 12.0. The fourth-order valence-electron chi connectivity index (χ4n) is 2.60. The van der Waals surface area contributed by atoms with E-state index in [0.717, 1.165) is 19.4 Å². The molecule has 1 N–H and O–H groups in total. The number of nitrogens with zero attached hydrogens (tertiary/aromatic N) is 2. The number of ether oxygens (including phenoxy) is 1. The number of aryl methyl sites for hydroxylation is 1. The number of hydrogen-bond acceptors (Lipinski definition) is 5. The van der Waals surface area contributed by atoms with Crippen LogP contribution >= 0.6 is 0 Å². The van der Waals surface area contributed by atoms with Crippen LogP contribution in [0.2, 0.25) is 0 Å². The maximum absolute atomic E-state index is 12.0. The molecule has 1 aromatic heterocycles. The summed E-state index contributed by atoms with van der Waals surface area (Å²) in [5, 5.41) is 6.59. The number of carbonyl (C=O) groups excluding carboxylic acids is 2. The molecule has 114 valence electrons. The average molecular weight is 293 g/mol. The Bertz CT molecular complexity index is 530. The molecule has 2 fully saturated rings. The Labute approximate surface area is 122 Å². The first kappa shape index (κ1) is 14.1. The van der Waals surface area contributed by atoms with Gasteiger partial charge in [-0.1, -0.05) is 5.16 Å². The van der Waals surface area contributed by atoms with Crippen molar-refractivity contribution < 1.29 is 18.8 Å². The van der Waals surface area contributed by atoms with Gasteiger partial charge in [0, 0.05) is 32.3 Å². The van der Waals surface area contributed by atoms with Gasteiger partial charge >= 0.3 is 0 Å². The molecule has 0 radical (unpaired) electrons. The van der Waals surface area contributed by atoms with Gasteiger partial charge in [0.15, 0.2) is 5.69 Å². The van der Waals surface area contributed by atoms with Crippen molar-refractivity contribution in [1.29, 1.82) is 0 Å². The number of aromatic nitrogens is 1. The third-order valence-electron chi connectivity index (χ3n) is 3.91. The van der Waals surface area contributed by atoms with Crippen LogP contribution in [0.1, 0.15) is 29.1 Å². The molecule has 0 unspecified atom stereocenters. The standard InChI is InChI=1S/C14H19N3O4/c1-9-5-12(16-21-9)14(19)17-7-10(8-17)13(18)15-6-11-3-2-4-20-11/h5,10-11H,2-4,6-8H2,1H3,(H,15,18)/t11-/m0/s1. The number of amides is 2. The molecule has 2 aliphatic rings. The molecule has 1 aromatic rings. The first-order valence-corrected chi connectivity index (χ1v) is 7.25. The molecule has 7 nitrogen and oxygen atoms in total. The van der Waals surface area contributed by atoms with E-state index in [0.29, 0.717) is 31.1 Å². The molecule has 3 heterocycles. The highest BCUT2D eigenvalue weighted by Crippen LogP contribution is 2.19. The van der Waals surface area contributed by atoms with Crippen LogP contribution in [0.4, 0.5) is 0 Å². The minimum absolute atomic E-state index is 0.00844. The highest BCUT2D eigenvalue weighted by Gasteiger charge is 2.37. The van der Waals surface area contributed by atoms with E-state index < -0.39 is 0 Å². The average Bonchev–Trinajstić information content (AvgIpc) is 3.05. The van der Waals surface area contributed by atoms with Gasteiger partial charge in [-0.25, -0.2) is 0 Å². The third kappa shape index (κ3) is 3.07. The summed E-state index contributed by atoms with van der Waals surface area (Å²) in [5.74, 6) is 0.272. The Morgan fingerprint density at radius 2 is 2.29 bits per heavy atom. The summed E-state index contributed by atoms with van der Waals surface area (Å²) in [6.45, 7) is 3.94. The predicted octanol–water partition coefficient (Wildman–Crippen LogP) is 0.350. The van der Waals surface area contributed by atoms with Crippen LogP contribution < -0.4 is 5.32 Å². The smallest absolute Gasteiger partial charge is 0.276 e. The van der Waals surface area contributed by atoms with Gasteiger partial charge in [-0.2, -0.15) is 0 Å². The van der Waals surface area contributed by atoms with Gasteiger partial charge in [0.2, 0.25) is 5.91 Å². The van der Waals surface area contributed by atoms with Crippen molar-refractivity contribution in [3.63, 3.8) is 0 Å². The minimum atomic E-state index is -0.185. The second kappa shape index (κ2) is 5.85. The summed E-state index contributed by atoms with van der Waals surface area (Å²) >= 11 is 0. The summed E-state index contributed by atoms with van der Waals surface area (Å²) in [4.78, 5) is 25.6. The number of rotatable bonds is 4. The third-order valence-corrected chi connectivity index (χ3v) is 3.91. The second-order valence-corrected chi connectivity index (χ2v) is 5.61. The monoisotopic (exact) mass is 293 g/mol. The van der Waals surface area contributed by atoms with Crippen molar-refractivity contribution in [2.75, 3.05) is 26.2 Å². The van der Waals surface area contributed by atoms with E-state index >= 15 is 0 Å². The van der Waals surface area contributed by atoms with Gasteiger partial charge in [0.05, 0.1) is 12.0 Å². The van der Waals surface area contributed by atoms with Crippen LogP contribution in [0, 0.1) is 12.8 Å². The summed E-state index contributed by atoms with van der Waals surface area (Å²) in [6.07, 6.45) is 2.20. The van der Waals surface area contributed by atoms with Crippen molar-refractivity contribution in [1.82, 2.24) is 15.4 Å².